The summed E-state index contributed by atoms with van der Waals surface area (Å²) < 4.78 is 5.13. The number of ether oxygens (including phenoxy) is 1. The van der Waals surface area contributed by atoms with E-state index in [1.807, 2.05) is 25.1 Å². The fourth-order valence-corrected chi connectivity index (χ4v) is 1.04. The quantitative estimate of drug-likeness (QED) is 0.418. The minimum Gasteiger partial charge on any atom is -0.375 e. The van der Waals surface area contributed by atoms with Crippen LogP contribution in [-0.4, -0.2) is 12.1 Å². The molecule has 14 heavy (non-hydrogen) atoms. The largest absolute Gasteiger partial charge is 0.375 e. The fraction of sp³-hybridized carbons (Fsp3) is 0.444. The first-order valence-electron chi connectivity index (χ1n) is 4.27. The summed E-state index contributed by atoms with van der Waals surface area (Å²) in [6.45, 7) is 2.19. The summed E-state index contributed by atoms with van der Waals surface area (Å²) in [6, 6.07) is 5.58. The second-order valence-corrected chi connectivity index (χ2v) is 2.82. The lowest BCUT2D eigenvalue weighted by Gasteiger charge is -2.09. The Morgan fingerprint density at radius 1 is 1.64 bits per heavy atom. The molecule has 0 aliphatic carbocycles. The Kier molecular flexibility index (Phi) is 3.91. The van der Waals surface area contributed by atoms with Crippen molar-refractivity contribution in [2.45, 2.75) is 19.6 Å². The van der Waals surface area contributed by atoms with E-state index in [9.17, 15) is 0 Å². The summed E-state index contributed by atoms with van der Waals surface area (Å²) in [5.74, 6) is 0. The third kappa shape index (κ3) is 2.73. The molecule has 0 bridgehead atoms. The molecule has 74 valence electrons. The van der Waals surface area contributed by atoms with Crippen LogP contribution in [0.3, 0.4) is 0 Å². The number of azide groups is 1. The zero-order valence-electron chi connectivity index (χ0n) is 8.21. The van der Waals surface area contributed by atoms with E-state index in [0.29, 0.717) is 0 Å². The van der Waals surface area contributed by atoms with Crippen molar-refractivity contribution in [3.05, 3.63) is 40.0 Å². The number of pyridine rings is 1. The van der Waals surface area contributed by atoms with Gasteiger partial charge in [-0.15, -0.1) is 0 Å². The van der Waals surface area contributed by atoms with E-state index in [0.717, 1.165) is 11.4 Å². The third-order valence-electron chi connectivity index (χ3n) is 1.89. The standard InChI is InChI=1S/C9H12N4O/c1-7(14-2)9-5-3-4-8(12-9)6-11-13-10/h3-5,7H,6H2,1-2H3/t7-/m1/s1. The number of hydrogen-bond acceptors (Lipinski definition) is 3. The fourth-order valence-electron chi connectivity index (χ4n) is 1.04. The van der Waals surface area contributed by atoms with Gasteiger partial charge in [-0.2, -0.15) is 0 Å². The lowest BCUT2D eigenvalue weighted by Crippen LogP contribution is -2.00. The Labute approximate surface area is 82.4 Å². The molecule has 1 rings (SSSR count). The van der Waals surface area contributed by atoms with Gasteiger partial charge in [0.05, 0.1) is 18.3 Å². The summed E-state index contributed by atoms with van der Waals surface area (Å²) in [5, 5.41) is 3.45. The Morgan fingerprint density at radius 2 is 2.43 bits per heavy atom. The highest BCUT2D eigenvalue weighted by Crippen LogP contribution is 2.13. The lowest BCUT2D eigenvalue weighted by molar-refractivity contribution is 0.116. The molecule has 0 unspecified atom stereocenters. The van der Waals surface area contributed by atoms with Crippen molar-refractivity contribution in [3.8, 4) is 0 Å². The SMILES string of the molecule is CO[C@H](C)c1cccc(CN=[N+]=[N-])n1. The van der Waals surface area contributed by atoms with Crippen LogP contribution in [0.15, 0.2) is 23.3 Å². The maximum absolute atomic E-state index is 8.16. The van der Waals surface area contributed by atoms with Gasteiger partial charge in [0, 0.05) is 17.7 Å². The molecule has 0 aliphatic heterocycles. The van der Waals surface area contributed by atoms with Crippen molar-refractivity contribution >= 4 is 0 Å². The van der Waals surface area contributed by atoms with Gasteiger partial charge in [-0.25, -0.2) is 0 Å². The van der Waals surface area contributed by atoms with Gasteiger partial charge in [0.2, 0.25) is 0 Å². The zero-order valence-corrected chi connectivity index (χ0v) is 8.21. The van der Waals surface area contributed by atoms with E-state index in [1.165, 1.54) is 0 Å². The van der Waals surface area contributed by atoms with Crippen molar-refractivity contribution in [2.24, 2.45) is 5.11 Å². The van der Waals surface area contributed by atoms with E-state index in [2.05, 4.69) is 15.0 Å². The maximum Gasteiger partial charge on any atom is 0.0962 e. The van der Waals surface area contributed by atoms with Crippen LogP contribution >= 0.6 is 0 Å². The molecule has 0 N–H and O–H groups in total. The molecule has 1 aromatic heterocycles. The molecule has 0 amide bonds. The van der Waals surface area contributed by atoms with Crippen molar-refractivity contribution in [2.75, 3.05) is 7.11 Å². The van der Waals surface area contributed by atoms with Gasteiger partial charge in [0.15, 0.2) is 0 Å². The van der Waals surface area contributed by atoms with Crippen LogP contribution in [0.5, 0.6) is 0 Å². The zero-order chi connectivity index (χ0) is 10.4. The van der Waals surface area contributed by atoms with E-state index in [4.69, 9.17) is 10.3 Å². The van der Waals surface area contributed by atoms with Crippen LogP contribution in [0.1, 0.15) is 24.4 Å². The smallest absolute Gasteiger partial charge is 0.0962 e. The molecule has 5 nitrogen and oxygen atoms in total. The molecule has 0 aliphatic rings. The van der Waals surface area contributed by atoms with Gasteiger partial charge >= 0.3 is 0 Å². The first kappa shape index (κ1) is 10.5. The van der Waals surface area contributed by atoms with Gasteiger partial charge in [0.25, 0.3) is 0 Å². The first-order chi connectivity index (χ1) is 6.77. The highest BCUT2D eigenvalue weighted by molar-refractivity contribution is 5.12. The number of rotatable bonds is 4. The summed E-state index contributed by atoms with van der Waals surface area (Å²) >= 11 is 0. The van der Waals surface area contributed by atoms with E-state index in [1.54, 1.807) is 7.11 Å². The van der Waals surface area contributed by atoms with Gasteiger partial charge in [-0.3, -0.25) is 4.98 Å². The van der Waals surface area contributed by atoms with Crippen molar-refractivity contribution in [3.63, 3.8) is 0 Å². The predicted octanol–water partition coefficient (Wildman–Crippen LogP) is 2.60. The molecule has 5 heteroatoms. The number of hydrogen-bond donors (Lipinski definition) is 0. The molecular weight excluding hydrogens is 180 g/mol. The number of nitrogens with zero attached hydrogens (tertiary/aromatic N) is 4. The Bertz CT molecular complexity index is 346. The Balaban J connectivity index is 2.83. The van der Waals surface area contributed by atoms with Crippen LogP contribution in [0.25, 0.3) is 10.4 Å². The number of aromatic nitrogens is 1. The third-order valence-corrected chi connectivity index (χ3v) is 1.89. The average molecular weight is 192 g/mol. The number of methoxy groups -OCH3 is 1. The van der Waals surface area contributed by atoms with Crippen molar-refractivity contribution in [1.82, 2.24) is 4.98 Å². The highest BCUT2D eigenvalue weighted by Gasteiger charge is 2.04. The van der Waals surface area contributed by atoms with Crippen LogP contribution < -0.4 is 0 Å². The first-order valence-corrected chi connectivity index (χ1v) is 4.27. The van der Waals surface area contributed by atoms with Gasteiger partial charge in [0.1, 0.15) is 0 Å². The molecule has 0 radical (unpaired) electrons. The molecule has 0 saturated heterocycles. The molecule has 1 atom stereocenters. The van der Waals surface area contributed by atoms with E-state index >= 15 is 0 Å². The van der Waals surface area contributed by atoms with Gasteiger partial charge in [-0.1, -0.05) is 11.2 Å². The average Bonchev–Trinajstić information content (AvgIpc) is 2.25. The Morgan fingerprint density at radius 3 is 3.07 bits per heavy atom. The molecule has 0 spiro atoms. The molecule has 1 heterocycles. The summed E-state index contributed by atoms with van der Waals surface area (Å²) in [5.41, 5.74) is 9.76. The van der Waals surface area contributed by atoms with Crippen LogP contribution in [-0.2, 0) is 11.3 Å². The lowest BCUT2D eigenvalue weighted by atomic mass is 10.2. The maximum atomic E-state index is 8.16. The van der Waals surface area contributed by atoms with Crippen LogP contribution in [0.4, 0.5) is 0 Å². The summed E-state index contributed by atoms with van der Waals surface area (Å²) in [7, 11) is 1.63. The van der Waals surface area contributed by atoms with Crippen LogP contribution in [0, 0.1) is 0 Å². The normalized spacial score (nSPS) is 11.9. The van der Waals surface area contributed by atoms with Crippen molar-refractivity contribution < 1.29 is 4.74 Å². The monoisotopic (exact) mass is 192 g/mol. The minimum atomic E-state index is -0.0407. The summed E-state index contributed by atoms with van der Waals surface area (Å²) in [6.07, 6.45) is -0.0407. The predicted molar refractivity (Wildman–Crippen MR) is 52.5 cm³/mol. The topological polar surface area (TPSA) is 70.9 Å². The second-order valence-electron chi connectivity index (χ2n) is 2.82. The molecule has 0 saturated carbocycles. The van der Waals surface area contributed by atoms with Crippen LogP contribution in [0.2, 0.25) is 0 Å². The van der Waals surface area contributed by atoms with E-state index < -0.39 is 0 Å². The van der Waals surface area contributed by atoms with Gasteiger partial charge in [-0.05, 0) is 24.6 Å². The van der Waals surface area contributed by atoms with Gasteiger partial charge < -0.3 is 4.74 Å². The summed E-state index contributed by atoms with van der Waals surface area (Å²) in [4.78, 5) is 6.97. The molecule has 0 fully saturated rings. The van der Waals surface area contributed by atoms with E-state index in [-0.39, 0.29) is 12.6 Å². The second kappa shape index (κ2) is 5.21. The molecular formula is C9H12N4O. The highest BCUT2D eigenvalue weighted by atomic mass is 16.5. The molecule has 1 aromatic rings. The van der Waals surface area contributed by atoms with Crippen molar-refractivity contribution in [1.29, 1.82) is 0 Å². The minimum absolute atomic E-state index is 0.0407. The Hall–Kier alpha value is -1.58. The molecule has 0 aromatic carbocycles.